The van der Waals surface area contributed by atoms with Crippen LogP contribution in [0.25, 0.3) is 0 Å². The summed E-state index contributed by atoms with van der Waals surface area (Å²) in [4.78, 5) is 0. The van der Waals surface area contributed by atoms with Crippen molar-refractivity contribution in [3.63, 3.8) is 0 Å². The Balaban J connectivity index is 1.54. The minimum atomic E-state index is -1.81. The zero-order valence-electron chi connectivity index (χ0n) is 21.4. The molecule has 1 spiro atoms. The van der Waals surface area contributed by atoms with Crippen LogP contribution in [0.4, 0.5) is 0 Å². The van der Waals surface area contributed by atoms with Crippen molar-refractivity contribution in [3.05, 3.63) is 35.5 Å². The van der Waals surface area contributed by atoms with Crippen LogP contribution in [0.5, 0.6) is 0 Å². The lowest BCUT2D eigenvalue weighted by Gasteiger charge is -2.42. The molecule has 4 unspecified atom stereocenters. The van der Waals surface area contributed by atoms with Crippen LogP contribution in [-0.4, -0.2) is 26.1 Å². The largest absolute Gasteiger partial charge is 0.410 e. The van der Waals surface area contributed by atoms with E-state index in [9.17, 15) is 0 Å². The molecule has 4 fully saturated rings. The van der Waals surface area contributed by atoms with Crippen molar-refractivity contribution in [2.24, 2.45) is 17.3 Å². The first-order valence-electron chi connectivity index (χ1n) is 12.8. The Kier molecular flexibility index (Phi) is 5.84. The fraction of sp³-hybridized carbons (Fsp3) is 0.786. The quantitative estimate of drug-likeness (QED) is 0.326. The van der Waals surface area contributed by atoms with Gasteiger partial charge in [-0.2, -0.15) is 0 Å². The van der Waals surface area contributed by atoms with Gasteiger partial charge in [0.25, 0.3) is 0 Å². The number of epoxide rings is 1. The van der Waals surface area contributed by atoms with Gasteiger partial charge < -0.3 is 9.16 Å². The number of hydrogen-bond donors (Lipinski definition) is 0. The highest BCUT2D eigenvalue weighted by Crippen LogP contribution is 2.68. The minimum absolute atomic E-state index is 0.176. The summed E-state index contributed by atoms with van der Waals surface area (Å²) in [6, 6.07) is 0. The second-order valence-electron chi connectivity index (χ2n) is 12.9. The predicted octanol–water partition coefficient (Wildman–Crippen LogP) is 7.97. The van der Waals surface area contributed by atoms with Crippen LogP contribution in [0.2, 0.25) is 18.1 Å². The maximum absolute atomic E-state index is 6.84. The molecule has 6 atom stereocenters. The summed E-state index contributed by atoms with van der Waals surface area (Å²) >= 11 is 0. The van der Waals surface area contributed by atoms with Crippen LogP contribution in [-0.2, 0) is 9.16 Å². The molecule has 4 aliphatic rings. The smallest absolute Gasteiger partial charge is 0.192 e. The van der Waals surface area contributed by atoms with E-state index in [-0.39, 0.29) is 16.7 Å². The van der Waals surface area contributed by atoms with Crippen LogP contribution in [0.1, 0.15) is 86.5 Å². The third-order valence-electron chi connectivity index (χ3n) is 9.86. The highest BCUT2D eigenvalue weighted by molar-refractivity contribution is 6.74. The first kappa shape index (κ1) is 23.5. The van der Waals surface area contributed by atoms with Crippen molar-refractivity contribution >= 4 is 8.32 Å². The monoisotopic (exact) mass is 442 g/mol. The van der Waals surface area contributed by atoms with Gasteiger partial charge in [-0.05, 0) is 93.0 Å². The fourth-order valence-corrected chi connectivity index (χ4v) is 8.06. The number of allylic oxidation sites excluding steroid dienone is 3. The highest BCUT2D eigenvalue weighted by atomic mass is 28.4. The molecule has 3 aliphatic carbocycles. The lowest BCUT2D eigenvalue weighted by molar-refractivity contribution is 0.0944. The van der Waals surface area contributed by atoms with Crippen LogP contribution >= 0.6 is 0 Å². The van der Waals surface area contributed by atoms with Crippen molar-refractivity contribution in [1.82, 2.24) is 0 Å². The highest BCUT2D eigenvalue weighted by Gasteiger charge is 2.70. The van der Waals surface area contributed by atoms with Crippen molar-refractivity contribution in [2.45, 2.75) is 122 Å². The Morgan fingerprint density at radius 1 is 1.16 bits per heavy atom. The van der Waals surface area contributed by atoms with Crippen LogP contribution < -0.4 is 0 Å². The second-order valence-corrected chi connectivity index (χ2v) is 17.6. The maximum atomic E-state index is 6.84. The van der Waals surface area contributed by atoms with Gasteiger partial charge in [-0.25, -0.2) is 0 Å². The molecule has 0 bridgehead atoms. The van der Waals surface area contributed by atoms with Gasteiger partial charge >= 0.3 is 0 Å². The molecule has 0 aromatic rings. The average molecular weight is 443 g/mol. The third kappa shape index (κ3) is 3.87. The first-order chi connectivity index (χ1) is 14.3. The lowest BCUT2D eigenvalue weighted by atomic mass is 9.62. The third-order valence-corrected chi connectivity index (χ3v) is 14.3. The van der Waals surface area contributed by atoms with E-state index in [1.165, 1.54) is 43.3 Å². The summed E-state index contributed by atoms with van der Waals surface area (Å²) in [5.41, 5.74) is 4.83. The molecule has 0 N–H and O–H groups in total. The van der Waals surface area contributed by atoms with E-state index in [0.29, 0.717) is 23.4 Å². The fourth-order valence-electron chi connectivity index (χ4n) is 6.75. The summed E-state index contributed by atoms with van der Waals surface area (Å²) < 4.78 is 13.1. The SMILES string of the molecule is C=C1/C(=C\C=C2/CCC[C@@]3(C)C2CCC32O[C@H]2C)CC(C)CC1O[Si](C)(C)C(C)(C)C. The van der Waals surface area contributed by atoms with Crippen molar-refractivity contribution in [3.8, 4) is 0 Å². The van der Waals surface area contributed by atoms with Crippen LogP contribution in [0.15, 0.2) is 35.5 Å². The van der Waals surface area contributed by atoms with E-state index in [2.05, 4.69) is 73.4 Å². The Morgan fingerprint density at radius 2 is 1.84 bits per heavy atom. The van der Waals surface area contributed by atoms with Crippen molar-refractivity contribution in [2.75, 3.05) is 0 Å². The number of fused-ring (bicyclic) bond motifs is 2. The van der Waals surface area contributed by atoms with E-state index in [1.807, 2.05) is 0 Å². The van der Waals surface area contributed by atoms with Gasteiger partial charge in [0.2, 0.25) is 0 Å². The molecular formula is C28H46O2Si. The van der Waals surface area contributed by atoms with E-state index >= 15 is 0 Å². The molecule has 0 radical (unpaired) electrons. The number of rotatable bonds is 3. The number of hydrogen-bond acceptors (Lipinski definition) is 2. The summed E-state index contributed by atoms with van der Waals surface area (Å²) in [6.07, 6.45) is 14.2. The maximum Gasteiger partial charge on any atom is 0.192 e. The molecule has 0 aromatic carbocycles. The second kappa shape index (κ2) is 7.70. The molecule has 3 heteroatoms. The van der Waals surface area contributed by atoms with Gasteiger partial charge in [-0.1, -0.05) is 58.9 Å². The molecule has 31 heavy (non-hydrogen) atoms. The molecule has 3 saturated carbocycles. The van der Waals surface area contributed by atoms with Crippen molar-refractivity contribution in [1.29, 1.82) is 0 Å². The Bertz CT molecular complexity index is 800. The summed E-state index contributed by atoms with van der Waals surface area (Å²) in [5, 5.41) is 0.229. The van der Waals surface area contributed by atoms with Crippen LogP contribution in [0.3, 0.4) is 0 Å². The van der Waals surface area contributed by atoms with E-state index in [0.717, 1.165) is 12.8 Å². The zero-order chi connectivity index (χ0) is 22.8. The van der Waals surface area contributed by atoms with Gasteiger partial charge in [0.1, 0.15) is 5.60 Å². The number of ether oxygens (including phenoxy) is 1. The standard InChI is InChI=1S/C28H46O2Si/c1-19-17-23(20(2)25(18-19)30-31(8,9)26(4,5)6)13-12-22-11-10-15-27(7)24(22)14-16-28(27)21(3)29-28/h12-13,19,21,24-25H,2,10-11,14-18H2,1,3-9H3/b22-12+,23-13-/t19?,21-,24?,25?,27-,28?/m0/s1. The van der Waals surface area contributed by atoms with E-state index in [4.69, 9.17) is 9.16 Å². The molecule has 174 valence electrons. The Labute approximate surface area is 192 Å². The van der Waals surface area contributed by atoms with E-state index in [1.54, 1.807) is 5.57 Å². The molecule has 0 aromatic heterocycles. The molecule has 1 aliphatic heterocycles. The van der Waals surface area contributed by atoms with Gasteiger partial charge in [0, 0.05) is 5.41 Å². The minimum Gasteiger partial charge on any atom is -0.410 e. The molecule has 0 amide bonds. The normalized spacial score (nSPS) is 43.7. The van der Waals surface area contributed by atoms with Gasteiger partial charge in [0.15, 0.2) is 8.32 Å². The van der Waals surface area contributed by atoms with E-state index < -0.39 is 8.32 Å². The average Bonchev–Trinajstić information content (AvgIpc) is 3.22. The van der Waals surface area contributed by atoms with Gasteiger partial charge in [-0.15, -0.1) is 0 Å². The zero-order valence-corrected chi connectivity index (χ0v) is 22.4. The Morgan fingerprint density at radius 3 is 2.45 bits per heavy atom. The van der Waals surface area contributed by atoms with Crippen LogP contribution in [0, 0.1) is 17.3 Å². The molecular weight excluding hydrogens is 396 g/mol. The molecule has 2 nitrogen and oxygen atoms in total. The van der Waals surface area contributed by atoms with Gasteiger partial charge in [-0.3, -0.25) is 0 Å². The summed E-state index contributed by atoms with van der Waals surface area (Å²) in [6.45, 7) is 23.4. The lowest BCUT2D eigenvalue weighted by Crippen LogP contribution is -2.45. The first-order valence-corrected chi connectivity index (χ1v) is 15.7. The predicted molar refractivity (Wildman–Crippen MR) is 134 cm³/mol. The van der Waals surface area contributed by atoms with Crippen molar-refractivity contribution < 1.29 is 9.16 Å². The summed E-state index contributed by atoms with van der Waals surface area (Å²) in [5.74, 6) is 1.34. The molecule has 4 rings (SSSR count). The molecule has 1 saturated heterocycles. The topological polar surface area (TPSA) is 21.8 Å². The molecule has 1 heterocycles. The van der Waals surface area contributed by atoms with Gasteiger partial charge in [0.05, 0.1) is 12.2 Å². The Hall–Kier alpha value is -0.643. The summed E-state index contributed by atoms with van der Waals surface area (Å²) in [7, 11) is -1.81.